The zero-order chi connectivity index (χ0) is 22.1. The molecular formula is C27H52O3. The molecule has 0 saturated carbocycles. The molecule has 0 atom stereocenters. The van der Waals surface area contributed by atoms with Gasteiger partial charge in [0.25, 0.3) is 0 Å². The highest BCUT2D eigenvalue weighted by Gasteiger charge is 2.03. The van der Waals surface area contributed by atoms with E-state index in [1.807, 2.05) is 6.92 Å². The highest BCUT2D eigenvalue weighted by Crippen LogP contribution is 2.14. The van der Waals surface area contributed by atoms with Crippen LogP contribution >= 0.6 is 0 Å². The van der Waals surface area contributed by atoms with E-state index in [9.17, 15) is 4.79 Å². The van der Waals surface area contributed by atoms with Gasteiger partial charge in [-0.05, 0) is 26.7 Å². The molecule has 30 heavy (non-hydrogen) atoms. The van der Waals surface area contributed by atoms with Gasteiger partial charge < -0.3 is 9.84 Å². The van der Waals surface area contributed by atoms with E-state index in [-0.39, 0.29) is 5.97 Å². The Kier molecular flexibility index (Phi) is 23.8. The molecule has 0 spiro atoms. The lowest BCUT2D eigenvalue weighted by Gasteiger charge is -2.05. The molecule has 0 rings (SSSR count). The zero-order valence-corrected chi connectivity index (χ0v) is 20.4. The van der Waals surface area contributed by atoms with Crippen molar-refractivity contribution in [2.75, 3.05) is 13.2 Å². The summed E-state index contributed by atoms with van der Waals surface area (Å²) in [7, 11) is 0. The van der Waals surface area contributed by atoms with Gasteiger partial charge in [-0.1, -0.05) is 122 Å². The first-order valence-electron chi connectivity index (χ1n) is 13.1. The van der Waals surface area contributed by atoms with Gasteiger partial charge in [-0.3, -0.25) is 0 Å². The van der Waals surface area contributed by atoms with Crippen LogP contribution in [0.2, 0.25) is 0 Å². The lowest BCUT2D eigenvalue weighted by Crippen LogP contribution is -2.06. The summed E-state index contributed by atoms with van der Waals surface area (Å²) in [6, 6.07) is 0. The average Bonchev–Trinajstić information content (AvgIpc) is 2.76. The predicted octanol–water partition coefficient (Wildman–Crippen LogP) is 8.29. The van der Waals surface area contributed by atoms with Crippen molar-refractivity contribution < 1.29 is 14.6 Å². The molecule has 0 aliphatic carbocycles. The molecule has 0 fully saturated rings. The number of hydrogen-bond acceptors (Lipinski definition) is 3. The van der Waals surface area contributed by atoms with Crippen LogP contribution < -0.4 is 0 Å². The molecule has 0 unspecified atom stereocenters. The van der Waals surface area contributed by atoms with Crippen LogP contribution in [0.25, 0.3) is 0 Å². The summed E-state index contributed by atoms with van der Waals surface area (Å²) in [6.45, 7) is 4.59. The Balaban J connectivity index is 3.09. The fourth-order valence-corrected chi connectivity index (χ4v) is 3.79. The maximum Gasteiger partial charge on any atom is 0.333 e. The van der Waals surface area contributed by atoms with Gasteiger partial charge in [0.1, 0.15) is 0 Å². The Labute approximate surface area is 188 Å². The lowest BCUT2D eigenvalue weighted by atomic mass is 10.0. The Bertz CT molecular complexity index is 390. The van der Waals surface area contributed by atoms with Crippen molar-refractivity contribution in [3.63, 3.8) is 0 Å². The number of carbonyl (C=O) groups is 1. The van der Waals surface area contributed by atoms with Gasteiger partial charge >= 0.3 is 5.97 Å². The molecular weight excluding hydrogens is 372 g/mol. The standard InChI is InChI=1S/C27H52O3/c1-3-26(2)27(29)30-25-23-21-19-17-15-13-11-9-7-5-4-6-8-10-12-14-16-18-20-22-24-28/h3,28H,4-25H2,1-2H3. The third-order valence-electron chi connectivity index (χ3n) is 6.04. The van der Waals surface area contributed by atoms with Gasteiger partial charge in [0.05, 0.1) is 6.61 Å². The molecule has 0 saturated heterocycles. The van der Waals surface area contributed by atoms with Crippen molar-refractivity contribution >= 4 is 5.97 Å². The first-order valence-corrected chi connectivity index (χ1v) is 13.1. The minimum absolute atomic E-state index is 0.168. The second kappa shape index (κ2) is 24.4. The van der Waals surface area contributed by atoms with Crippen molar-refractivity contribution in [3.8, 4) is 0 Å². The third kappa shape index (κ3) is 21.9. The summed E-state index contributed by atoms with van der Waals surface area (Å²) >= 11 is 0. The maximum absolute atomic E-state index is 11.5. The zero-order valence-electron chi connectivity index (χ0n) is 20.4. The van der Waals surface area contributed by atoms with Crippen LogP contribution in [0.1, 0.15) is 142 Å². The van der Waals surface area contributed by atoms with Crippen molar-refractivity contribution in [2.24, 2.45) is 0 Å². The van der Waals surface area contributed by atoms with Gasteiger partial charge in [0.15, 0.2) is 0 Å². The molecule has 0 aliphatic rings. The number of aliphatic hydroxyl groups excluding tert-OH is 1. The second-order valence-corrected chi connectivity index (χ2v) is 8.90. The number of rotatable bonds is 23. The number of unbranched alkanes of at least 4 members (excludes halogenated alkanes) is 19. The highest BCUT2D eigenvalue weighted by atomic mass is 16.5. The van der Waals surface area contributed by atoms with Gasteiger partial charge in [0, 0.05) is 12.2 Å². The van der Waals surface area contributed by atoms with E-state index < -0.39 is 0 Å². The van der Waals surface area contributed by atoms with Crippen molar-refractivity contribution in [1.29, 1.82) is 0 Å². The normalized spacial score (nSPS) is 11.8. The summed E-state index contributed by atoms with van der Waals surface area (Å²) in [5.41, 5.74) is 0.701. The Morgan fingerprint density at radius 3 is 1.20 bits per heavy atom. The van der Waals surface area contributed by atoms with Crippen LogP contribution in [0.15, 0.2) is 11.6 Å². The second-order valence-electron chi connectivity index (χ2n) is 8.90. The number of esters is 1. The van der Waals surface area contributed by atoms with Crippen molar-refractivity contribution in [3.05, 3.63) is 11.6 Å². The smallest absolute Gasteiger partial charge is 0.333 e. The molecule has 0 heterocycles. The fourth-order valence-electron chi connectivity index (χ4n) is 3.79. The number of aliphatic hydroxyl groups is 1. The van der Waals surface area contributed by atoms with E-state index in [1.165, 1.54) is 116 Å². The molecule has 3 heteroatoms. The minimum Gasteiger partial charge on any atom is -0.462 e. The first kappa shape index (κ1) is 29.2. The Hall–Kier alpha value is -0.830. The molecule has 0 radical (unpaired) electrons. The predicted molar refractivity (Wildman–Crippen MR) is 130 cm³/mol. The highest BCUT2D eigenvalue weighted by molar-refractivity contribution is 5.87. The first-order chi connectivity index (χ1) is 14.7. The minimum atomic E-state index is -0.168. The number of carbonyl (C=O) groups excluding carboxylic acids is 1. The monoisotopic (exact) mass is 424 g/mol. The Morgan fingerprint density at radius 2 is 0.900 bits per heavy atom. The third-order valence-corrected chi connectivity index (χ3v) is 6.04. The van der Waals surface area contributed by atoms with E-state index in [2.05, 4.69) is 0 Å². The molecule has 0 aromatic rings. The molecule has 0 aliphatic heterocycles. The number of ether oxygens (including phenoxy) is 1. The topological polar surface area (TPSA) is 46.5 Å². The molecule has 1 N–H and O–H groups in total. The molecule has 0 amide bonds. The number of hydrogen-bond donors (Lipinski definition) is 1. The van der Waals surface area contributed by atoms with E-state index in [4.69, 9.17) is 9.84 Å². The largest absolute Gasteiger partial charge is 0.462 e. The van der Waals surface area contributed by atoms with Crippen LogP contribution in [0.5, 0.6) is 0 Å². The van der Waals surface area contributed by atoms with E-state index in [0.717, 1.165) is 12.8 Å². The maximum atomic E-state index is 11.5. The van der Waals surface area contributed by atoms with Crippen LogP contribution in [-0.4, -0.2) is 24.3 Å². The van der Waals surface area contributed by atoms with Gasteiger partial charge in [-0.25, -0.2) is 4.79 Å². The van der Waals surface area contributed by atoms with E-state index in [1.54, 1.807) is 13.0 Å². The summed E-state index contributed by atoms with van der Waals surface area (Å²) in [5.74, 6) is -0.168. The van der Waals surface area contributed by atoms with Crippen LogP contribution in [0.3, 0.4) is 0 Å². The van der Waals surface area contributed by atoms with Crippen LogP contribution in [-0.2, 0) is 9.53 Å². The summed E-state index contributed by atoms with van der Waals surface area (Å²) in [4.78, 5) is 11.5. The quantitative estimate of drug-likeness (QED) is 0.102. The summed E-state index contributed by atoms with van der Waals surface area (Å²) in [5, 5.41) is 8.74. The van der Waals surface area contributed by atoms with E-state index in [0.29, 0.717) is 18.8 Å². The molecule has 0 bridgehead atoms. The summed E-state index contributed by atoms with van der Waals surface area (Å²) in [6.07, 6.45) is 28.3. The van der Waals surface area contributed by atoms with Gasteiger partial charge in [0.2, 0.25) is 0 Å². The van der Waals surface area contributed by atoms with Crippen molar-refractivity contribution in [2.45, 2.75) is 142 Å². The van der Waals surface area contributed by atoms with Gasteiger partial charge in [-0.2, -0.15) is 0 Å². The molecule has 0 aromatic heterocycles. The van der Waals surface area contributed by atoms with E-state index >= 15 is 0 Å². The molecule has 0 aromatic carbocycles. The number of allylic oxidation sites excluding steroid dienone is 1. The molecule has 178 valence electrons. The summed E-state index contributed by atoms with van der Waals surface area (Å²) < 4.78 is 5.22. The van der Waals surface area contributed by atoms with Crippen LogP contribution in [0, 0.1) is 0 Å². The average molecular weight is 425 g/mol. The van der Waals surface area contributed by atoms with Gasteiger partial charge in [-0.15, -0.1) is 0 Å². The lowest BCUT2D eigenvalue weighted by molar-refractivity contribution is -0.139. The van der Waals surface area contributed by atoms with Crippen molar-refractivity contribution in [1.82, 2.24) is 0 Å². The molecule has 3 nitrogen and oxygen atoms in total. The Morgan fingerprint density at radius 1 is 0.600 bits per heavy atom. The SMILES string of the molecule is CC=C(C)C(=O)OCCCCCCCCCCCCCCCCCCCCCCO. The fraction of sp³-hybridized carbons (Fsp3) is 0.889. The van der Waals surface area contributed by atoms with Crippen LogP contribution in [0.4, 0.5) is 0 Å².